The number of carbonyl (C=O) groups excluding carboxylic acids is 1. The fraction of sp³-hybridized carbons (Fsp3) is 0.148. The van der Waals surface area contributed by atoms with Gasteiger partial charge in [-0.25, -0.2) is 4.79 Å². The minimum absolute atomic E-state index is 0.0469. The normalized spacial score (nSPS) is 15.6. The maximum atomic E-state index is 13.4. The molecule has 2 N–H and O–H groups in total. The zero-order valence-corrected chi connectivity index (χ0v) is 19.9. The predicted molar refractivity (Wildman–Crippen MR) is 134 cm³/mol. The summed E-state index contributed by atoms with van der Waals surface area (Å²) in [5, 5.41) is 17.6. The van der Waals surface area contributed by atoms with Gasteiger partial charge in [0, 0.05) is 11.3 Å². The van der Waals surface area contributed by atoms with Crippen LogP contribution in [0.4, 0.5) is 10.5 Å². The number of phenolic OH excluding ortho intramolecular Hbond substituents is 1. The van der Waals surface area contributed by atoms with Crippen LogP contribution in [0.3, 0.4) is 0 Å². The summed E-state index contributed by atoms with van der Waals surface area (Å²) in [6.45, 7) is 1.82. The number of phenols is 1. The highest BCUT2D eigenvalue weighted by molar-refractivity contribution is 6.01. The maximum Gasteiger partial charge on any atom is 0.326 e. The molecule has 9 nitrogen and oxygen atoms in total. The van der Waals surface area contributed by atoms with Gasteiger partial charge in [-0.15, -0.1) is 0 Å². The molecule has 0 spiro atoms. The number of hydrogen-bond donors (Lipinski definition) is 2. The van der Waals surface area contributed by atoms with E-state index in [1.54, 1.807) is 54.5 Å². The number of aromatic nitrogens is 2. The number of allylic oxidation sites excluding steroid dienone is 1. The largest absolute Gasteiger partial charge is 0.504 e. The van der Waals surface area contributed by atoms with Crippen molar-refractivity contribution >= 4 is 17.3 Å². The van der Waals surface area contributed by atoms with Crippen LogP contribution in [0.15, 0.2) is 83.0 Å². The van der Waals surface area contributed by atoms with E-state index in [0.717, 1.165) is 5.56 Å². The van der Waals surface area contributed by atoms with Crippen LogP contribution >= 0.6 is 0 Å². The second kappa shape index (κ2) is 9.46. The number of carbonyl (C=O) groups is 1. The number of amides is 2. The van der Waals surface area contributed by atoms with E-state index in [-0.39, 0.29) is 17.7 Å². The molecule has 1 unspecified atom stereocenters. The fourth-order valence-electron chi connectivity index (χ4n) is 4.24. The molecule has 0 aliphatic carbocycles. The number of hydrogen-bond acceptors (Lipinski definition) is 7. The first-order chi connectivity index (χ1) is 17.5. The number of rotatable bonds is 6. The van der Waals surface area contributed by atoms with Gasteiger partial charge in [-0.2, -0.15) is 4.98 Å². The van der Waals surface area contributed by atoms with Gasteiger partial charge in [0.1, 0.15) is 5.75 Å². The van der Waals surface area contributed by atoms with Crippen LogP contribution in [-0.2, 0) is 0 Å². The van der Waals surface area contributed by atoms with Gasteiger partial charge >= 0.3 is 6.03 Å². The highest BCUT2D eigenvalue weighted by atomic mass is 16.5. The van der Waals surface area contributed by atoms with Crippen molar-refractivity contribution in [3.63, 3.8) is 0 Å². The van der Waals surface area contributed by atoms with E-state index in [1.807, 2.05) is 37.3 Å². The summed E-state index contributed by atoms with van der Waals surface area (Å²) < 4.78 is 16.1. The predicted octanol–water partition coefficient (Wildman–Crippen LogP) is 5.16. The molecule has 1 aromatic heterocycles. The quantitative estimate of drug-likeness (QED) is 0.389. The summed E-state index contributed by atoms with van der Waals surface area (Å²) in [6.07, 6.45) is 0. The van der Waals surface area contributed by atoms with Gasteiger partial charge in [0.2, 0.25) is 5.82 Å². The average molecular weight is 485 g/mol. The molecule has 182 valence electrons. The molecule has 9 heteroatoms. The number of methoxy groups -OCH3 is 2. The van der Waals surface area contributed by atoms with Gasteiger partial charge in [0.05, 0.1) is 31.5 Å². The summed E-state index contributed by atoms with van der Waals surface area (Å²) in [5.41, 5.74) is 3.28. The second-order valence-corrected chi connectivity index (χ2v) is 8.14. The van der Waals surface area contributed by atoms with E-state index in [0.29, 0.717) is 39.8 Å². The maximum absolute atomic E-state index is 13.4. The van der Waals surface area contributed by atoms with Crippen molar-refractivity contribution in [1.29, 1.82) is 0 Å². The van der Waals surface area contributed by atoms with Gasteiger partial charge in [-0.05, 0) is 48.9 Å². The molecule has 3 aromatic carbocycles. The monoisotopic (exact) mass is 484 g/mol. The molecule has 0 fully saturated rings. The van der Waals surface area contributed by atoms with Gasteiger partial charge in [0.25, 0.3) is 5.89 Å². The number of aromatic hydroxyl groups is 1. The number of ether oxygens (including phenoxy) is 2. The molecule has 0 radical (unpaired) electrons. The average Bonchev–Trinajstić information content (AvgIpc) is 3.39. The first-order valence-electron chi connectivity index (χ1n) is 11.2. The molecule has 2 amide bonds. The Balaban J connectivity index is 1.65. The van der Waals surface area contributed by atoms with Crippen molar-refractivity contribution in [1.82, 2.24) is 15.5 Å². The van der Waals surface area contributed by atoms with Crippen LogP contribution in [0.2, 0.25) is 0 Å². The lowest BCUT2D eigenvalue weighted by Gasteiger charge is -2.35. The Morgan fingerprint density at radius 1 is 1.00 bits per heavy atom. The van der Waals surface area contributed by atoms with Crippen molar-refractivity contribution in [2.45, 2.75) is 13.0 Å². The zero-order chi connectivity index (χ0) is 25.2. The first-order valence-corrected chi connectivity index (χ1v) is 11.2. The molecular weight excluding hydrogens is 460 g/mol. The molecule has 1 aliphatic rings. The lowest BCUT2D eigenvalue weighted by Crippen LogP contribution is -2.46. The van der Waals surface area contributed by atoms with Gasteiger partial charge in [-0.1, -0.05) is 41.6 Å². The second-order valence-electron chi connectivity index (χ2n) is 8.14. The van der Waals surface area contributed by atoms with E-state index >= 15 is 0 Å². The molecule has 0 bridgehead atoms. The summed E-state index contributed by atoms with van der Waals surface area (Å²) in [6, 6.07) is 20.6. The Morgan fingerprint density at radius 2 is 1.75 bits per heavy atom. The van der Waals surface area contributed by atoms with Gasteiger partial charge in [-0.3, -0.25) is 4.90 Å². The van der Waals surface area contributed by atoms with E-state index in [4.69, 9.17) is 14.0 Å². The fourth-order valence-corrected chi connectivity index (χ4v) is 4.24. The van der Waals surface area contributed by atoms with E-state index in [2.05, 4.69) is 15.5 Å². The summed E-state index contributed by atoms with van der Waals surface area (Å²) in [5.74, 6) is 1.64. The molecule has 4 aromatic rings. The number of benzene rings is 3. The lowest BCUT2D eigenvalue weighted by atomic mass is 9.94. The number of anilines is 1. The highest BCUT2D eigenvalue weighted by Gasteiger charge is 2.37. The molecule has 0 saturated heterocycles. The third kappa shape index (κ3) is 4.11. The third-order valence-corrected chi connectivity index (χ3v) is 6.04. The van der Waals surface area contributed by atoms with Crippen molar-refractivity contribution in [2.75, 3.05) is 19.1 Å². The van der Waals surface area contributed by atoms with Crippen LogP contribution < -0.4 is 19.7 Å². The molecule has 0 saturated carbocycles. The van der Waals surface area contributed by atoms with Crippen molar-refractivity contribution in [3.8, 4) is 28.6 Å². The Morgan fingerprint density at radius 3 is 2.42 bits per heavy atom. The smallest absolute Gasteiger partial charge is 0.326 e. The molecule has 5 rings (SSSR count). The summed E-state index contributed by atoms with van der Waals surface area (Å²) in [7, 11) is 3.06. The highest BCUT2D eigenvalue weighted by Crippen LogP contribution is 2.41. The van der Waals surface area contributed by atoms with Gasteiger partial charge < -0.3 is 24.4 Å². The van der Waals surface area contributed by atoms with E-state index in [1.165, 1.54) is 7.11 Å². The number of nitrogens with one attached hydrogen (secondary N) is 1. The van der Waals surface area contributed by atoms with Crippen LogP contribution in [0, 0.1) is 0 Å². The topological polar surface area (TPSA) is 110 Å². The Kier molecular flexibility index (Phi) is 6.03. The van der Waals surface area contributed by atoms with Gasteiger partial charge in [0.15, 0.2) is 11.5 Å². The number of nitrogens with zero attached hydrogens (tertiary/aromatic N) is 3. The molecule has 2 heterocycles. The minimum Gasteiger partial charge on any atom is -0.504 e. The van der Waals surface area contributed by atoms with Crippen molar-refractivity contribution in [2.24, 2.45) is 0 Å². The van der Waals surface area contributed by atoms with E-state index in [9.17, 15) is 9.90 Å². The summed E-state index contributed by atoms with van der Waals surface area (Å²) in [4.78, 5) is 19.5. The van der Waals surface area contributed by atoms with Crippen molar-refractivity contribution in [3.05, 3.63) is 89.9 Å². The Labute approximate surface area is 207 Å². The Bertz CT molecular complexity index is 1430. The standard InChI is InChI=1S/C27H24N4O5/c1-16-23(26-29-25(30-36-26)17-7-5-4-6-8-17)24(18-9-14-22(35-3)21(32)15-18)28-27(33)31(16)19-10-12-20(34-2)13-11-19/h4-15,24,32H,1-3H3,(H,28,33). The Hall–Kier alpha value is -4.79. The summed E-state index contributed by atoms with van der Waals surface area (Å²) >= 11 is 0. The SMILES string of the molecule is COc1ccc(N2C(=O)NC(c3ccc(OC)c(O)c3)C(c3nc(-c4ccccc4)no3)=C2C)cc1. The molecule has 1 aliphatic heterocycles. The van der Waals surface area contributed by atoms with Crippen LogP contribution in [0.25, 0.3) is 17.0 Å². The van der Waals surface area contributed by atoms with Crippen molar-refractivity contribution < 1.29 is 23.9 Å². The first kappa shape index (κ1) is 23.0. The molecule has 36 heavy (non-hydrogen) atoms. The number of urea groups is 1. The third-order valence-electron chi connectivity index (χ3n) is 6.04. The van der Waals surface area contributed by atoms with Crippen LogP contribution in [-0.4, -0.2) is 35.5 Å². The minimum atomic E-state index is -0.659. The molecule has 1 atom stereocenters. The van der Waals surface area contributed by atoms with Crippen LogP contribution in [0.1, 0.15) is 24.4 Å². The van der Waals surface area contributed by atoms with Crippen LogP contribution in [0.5, 0.6) is 17.2 Å². The molecular formula is C27H24N4O5. The van der Waals surface area contributed by atoms with E-state index < -0.39 is 6.04 Å². The zero-order valence-electron chi connectivity index (χ0n) is 19.9. The lowest BCUT2D eigenvalue weighted by molar-refractivity contribution is 0.244.